The van der Waals surface area contributed by atoms with Crippen molar-refractivity contribution in [2.75, 3.05) is 13.7 Å². The second kappa shape index (κ2) is 6.52. The van der Waals surface area contributed by atoms with Crippen LogP contribution < -0.4 is 10.4 Å². The molecule has 0 bridgehead atoms. The molecule has 4 nitrogen and oxygen atoms in total. The molecule has 1 atom stereocenters. The van der Waals surface area contributed by atoms with E-state index >= 15 is 0 Å². The summed E-state index contributed by atoms with van der Waals surface area (Å²) in [7, 11) is 1.68. The minimum Gasteiger partial charge on any atom is -0.488 e. The fourth-order valence-electron chi connectivity index (χ4n) is 3.05. The Hall–Kier alpha value is -2.33. The standard InChI is InChI=1S/C21H24O4/c1-13-8-6-10-16-17(13)19-18(20(22)25-16)14(2)15(12-24-19)9-7-11-21(3,4)23-5/h6-11,14H,12H2,1-5H3/b11-7+,15-9-/t14-/m1/s1. The first-order valence-electron chi connectivity index (χ1n) is 8.46. The molecule has 0 N–H and O–H groups in total. The molecule has 2 aromatic rings. The van der Waals surface area contributed by atoms with Crippen molar-refractivity contribution in [1.82, 2.24) is 0 Å². The van der Waals surface area contributed by atoms with Gasteiger partial charge in [0.15, 0.2) is 0 Å². The molecule has 2 heterocycles. The first-order chi connectivity index (χ1) is 11.8. The van der Waals surface area contributed by atoms with Gasteiger partial charge in [-0.2, -0.15) is 0 Å². The van der Waals surface area contributed by atoms with Gasteiger partial charge in [0.25, 0.3) is 0 Å². The number of allylic oxidation sites excluding steroid dienone is 2. The van der Waals surface area contributed by atoms with Crippen LogP contribution in [0.1, 0.15) is 37.8 Å². The second-order valence-electron chi connectivity index (χ2n) is 7.00. The van der Waals surface area contributed by atoms with Gasteiger partial charge in [-0.05, 0) is 38.0 Å². The average molecular weight is 340 g/mol. The van der Waals surface area contributed by atoms with Crippen molar-refractivity contribution in [1.29, 1.82) is 0 Å². The summed E-state index contributed by atoms with van der Waals surface area (Å²) in [5.74, 6) is 0.606. The van der Waals surface area contributed by atoms with E-state index in [9.17, 15) is 4.79 Å². The lowest BCUT2D eigenvalue weighted by Crippen LogP contribution is -2.23. The largest absolute Gasteiger partial charge is 0.488 e. The third kappa shape index (κ3) is 3.27. The van der Waals surface area contributed by atoms with Crippen molar-refractivity contribution in [2.45, 2.75) is 39.2 Å². The molecule has 1 aromatic carbocycles. The van der Waals surface area contributed by atoms with Crippen LogP contribution in [0.25, 0.3) is 11.0 Å². The maximum Gasteiger partial charge on any atom is 0.343 e. The number of hydrogen-bond donors (Lipinski definition) is 0. The quantitative estimate of drug-likeness (QED) is 0.772. The Balaban J connectivity index is 2.05. The van der Waals surface area contributed by atoms with Gasteiger partial charge < -0.3 is 13.9 Å². The molecule has 0 saturated heterocycles. The highest BCUT2D eigenvalue weighted by Gasteiger charge is 2.29. The summed E-state index contributed by atoms with van der Waals surface area (Å²) in [5.41, 5.74) is 2.59. The van der Waals surface area contributed by atoms with E-state index in [1.807, 2.05) is 58.1 Å². The molecule has 0 spiro atoms. The molecule has 1 aliphatic rings. The maximum absolute atomic E-state index is 12.5. The highest BCUT2D eigenvalue weighted by atomic mass is 16.5. The highest BCUT2D eigenvalue weighted by molar-refractivity contribution is 5.88. The average Bonchev–Trinajstić information content (AvgIpc) is 2.56. The number of benzene rings is 1. The van der Waals surface area contributed by atoms with E-state index in [-0.39, 0.29) is 17.1 Å². The van der Waals surface area contributed by atoms with E-state index < -0.39 is 0 Å². The predicted molar refractivity (Wildman–Crippen MR) is 99.4 cm³/mol. The van der Waals surface area contributed by atoms with Crippen molar-refractivity contribution in [3.8, 4) is 5.75 Å². The number of hydrogen-bond acceptors (Lipinski definition) is 4. The van der Waals surface area contributed by atoms with Gasteiger partial charge in [0.05, 0.1) is 16.6 Å². The second-order valence-corrected chi connectivity index (χ2v) is 7.00. The number of ether oxygens (including phenoxy) is 2. The molecular weight excluding hydrogens is 316 g/mol. The zero-order chi connectivity index (χ0) is 18.2. The van der Waals surface area contributed by atoms with E-state index in [0.29, 0.717) is 23.5 Å². The Labute approximate surface area is 147 Å². The Kier molecular flexibility index (Phi) is 4.56. The molecule has 0 saturated carbocycles. The van der Waals surface area contributed by atoms with Crippen LogP contribution in [0.3, 0.4) is 0 Å². The molecule has 132 valence electrons. The lowest BCUT2D eigenvalue weighted by molar-refractivity contribution is 0.0656. The van der Waals surface area contributed by atoms with Gasteiger partial charge in [-0.25, -0.2) is 4.79 Å². The van der Waals surface area contributed by atoms with Crippen LogP contribution in [-0.4, -0.2) is 19.3 Å². The van der Waals surface area contributed by atoms with Crippen molar-refractivity contribution >= 4 is 11.0 Å². The fourth-order valence-corrected chi connectivity index (χ4v) is 3.05. The zero-order valence-corrected chi connectivity index (χ0v) is 15.4. The molecule has 25 heavy (non-hydrogen) atoms. The monoisotopic (exact) mass is 340 g/mol. The number of aryl methyl sites for hydroxylation is 1. The third-order valence-corrected chi connectivity index (χ3v) is 4.84. The van der Waals surface area contributed by atoms with Crippen molar-refractivity contribution in [3.05, 3.63) is 63.5 Å². The van der Waals surface area contributed by atoms with E-state index in [1.54, 1.807) is 13.2 Å². The third-order valence-electron chi connectivity index (χ3n) is 4.84. The molecule has 0 unspecified atom stereocenters. The molecule has 3 rings (SSSR count). The molecular formula is C21H24O4. The van der Waals surface area contributed by atoms with Gasteiger partial charge in [-0.1, -0.05) is 37.3 Å². The molecule has 0 aliphatic carbocycles. The Morgan fingerprint density at radius 2 is 2.08 bits per heavy atom. The van der Waals surface area contributed by atoms with E-state index in [4.69, 9.17) is 13.9 Å². The Bertz CT molecular complexity index is 915. The zero-order valence-electron chi connectivity index (χ0n) is 15.4. The summed E-state index contributed by atoms with van der Waals surface area (Å²) in [6.45, 7) is 8.45. The molecule has 0 radical (unpaired) electrons. The fraction of sp³-hybridized carbons (Fsp3) is 0.381. The lowest BCUT2D eigenvalue weighted by Gasteiger charge is -2.26. The lowest BCUT2D eigenvalue weighted by atomic mass is 9.89. The summed E-state index contributed by atoms with van der Waals surface area (Å²) in [5, 5.41) is 0.888. The van der Waals surface area contributed by atoms with Crippen molar-refractivity contribution < 1.29 is 13.9 Å². The summed E-state index contributed by atoms with van der Waals surface area (Å²) < 4.78 is 16.9. The minimum atomic E-state index is -0.333. The van der Waals surface area contributed by atoms with Gasteiger partial charge >= 0.3 is 5.63 Å². The van der Waals surface area contributed by atoms with Crippen LogP contribution in [0.2, 0.25) is 0 Å². The topological polar surface area (TPSA) is 48.7 Å². The van der Waals surface area contributed by atoms with Gasteiger partial charge in [0.2, 0.25) is 0 Å². The molecule has 1 aliphatic heterocycles. The summed E-state index contributed by atoms with van der Waals surface area (Å²) in [6, 6.07) is 5.68. The van der Waals surface area contributed by atoms with Crippen LogP contribution in [0.15, 0.2) is 51.2 Å². The predicted octanol–water partition coefficient (Wildman–Crippen LogP) is 4.50. The molecule has 0 fully saturated rings. The van der Waals surface area contributed by atoms with Crippen LogP contribution in [0.4, 0.5) is 0 Å². The molecule has 4 heteroatoms. The van der Waals surface area contributed by atoms with E-state index in [1.165, 1.54) is 0 Å². The number of methoxy groups -OCH3 is 1. The molecule has 0 amide bonds. The van der Waals surface area contributed by atoms with Crippen LogP contribution in [-0.2, 0) is 4.74 Å². The minimum absolute atomic E-state index is 0.0562. The van der Waals surface area contributed by atoms with Gasteiger partial charge in [0, 0.05) is 13.0 Å². The van der Waals surface area contributed by atoms with Crippen molar-refractivity contribution in [3.63, 3.8) is 0 Å². The number of fused-ring (bicyclic) bond motifs is 3. The molecule has 1 aromatic heterocycles. The van der Waals surface area contributed by atoms with Crippen molar-refractivity contribution in [2.24, 2.45) is 0 Å². The first-order valence-corrected chi connectivity index (χ1v) is 8.46. The normalized spacial score (nSPS) is 19.4. The smallest absolute Gasteiger partial charge is 0.343 e. The Morgan fingerprint density at radius 1 is 1.32 bits per heavy atom. The maximum atomic E-state index is 12.5. The van der Waals surface area contributed by atoms with E-state index in [2.05, 4.69) is 0 Å². The summed E-state index contributed by atoms with van der Waals surface area (Å²) in [4.78, 5) is 12.5. The Morgan fingerprint density at radius 3 is 2.80 bits per heavy atom. The highest BCUT2D eigenvalue weighted by Crippen LogP contribution is 2.40. The number of rotatable bonds is 3. The van der Waals surface area contributed by atoms with Gasteiger partial charge in [-0.3, -0.25) is 0 Å². The SMILES string of the molecule is COC(C)(C)/C=C/C=C1/COc2c(c(=O)oc3cccc(C)c23)[C@@H]1C. The van der Waals surface area contributed by atoms with Gasteiger partial charge in [-0.15, -0.1) is 0 Å². The summed E-state index contributed by atoms with van der Waals surface area (Å²) in [6.07, 6.45) is 5.93. The summed E-state index contributed by atoms with van der Waals surface area (Å²) >= 11 is 0. The van der Waals surface area contributed by atoms with Crippen LogP contribution >= 0.6 is 0 Å². The van der Waals surface area contributed by atoms with Gasteiger partial charge in [0.1, 0.15) is 17.9 Å². The van der Waals surface area contributed by atoms with Crippen LogP contribution in [0.5, 0.6) is 5.75 Å². The van der Waals surface area contributed by atoms with E-state index in [0.717, 1.165) is 16.5 Å². The van der Waals surface area contributed by atoms with Crippen LogP contribution in [0, 0.1) is 6.92 Å². The first kappa shape index (κ1) is 17.5.